The van der Waals surface area contributed by atoms with Crippen LogP contribution in [0.3, 0.4) is 0 Å². The molecule has 0 aliphatic heterocycles. The van der Waals surface area contributed by atoms with Crippen molar-refractivity contribution in [3.05, 3.63) is 64.6 Å². The van der Waals surface area contributed by atoms with Crippen molar-refractivity contribution in [3.63, 3.8) is 0 Å². The van der Waals surface area contributed by atoms with Crippen LogP contribution in [-0.2, 0) is 16.6 Å². The standard InChI is InChI=1S/C15H14N4O2S2/c20-23(21,10-8-12-5-2-1-3-6-12)16-11-14-17-15(19-18-14)13-7-4-9-22-13/h1-10,16H,11H2,(H,17,18,19)/b10-8+. The highest BCUT2D eigenvalue weighted by atomic mass is 32.2. The quantitative estimate of drug-likeness (QED) is 0.718. The summed E-state index contributed by atoms with van der Waals surface area (Å²) >= 11 is 1.52. The van der Waals surface area contributed by atoms with Crippen molar-refractivity contribution in [2.24, 2.45) is 0 Å². The first-order chi connectivity index (χ1) is 11.1. The fraction of sp³-hybridized carbons (Fsp3) is 0.0667. The second-order valence-electron chi connectivity index (χ2n) is 4.66. The van der Waals surface area contributed by atoms with Crippen LogP contribution in [0.1, 0.15) is 11.4 Å². The first-order valence-electron chi connectivity index (χ1n) is 6.80. The van der Waals surface area contributed by atoms with Crippen LogP contribution in [0.5, 0.6) is 0 Å². The molecule has 2 N–H and O–H groups in total. The van der Waals surface area contributed by atoms with Gasteiger partial charge in [-0.2, -0.15) is 5.10 Å². The predicted molar refractivity (Wildman–Crippen MR) is 90.9 cm³/mol. The van der Waals surface area contributed by atoms with E-state index in [0.29, 0.717) is 11.6 Å². The van der Waals surface area contributed by atoms with Gasteiger partial charge in [0.25, 0.3) is 0 Å². The minimum absolute atomic E-state index is 0.0554. The Hall–Kier alpha value is -2.29. The Morgan fingerprint density at radius 2 is 2.00 bits per heavy atom. The molecule has 3 aromatic rings. The van der Waals surface area contributed by atoms with Gasteiger partial charge in [-0.3, -0.25) is 5.10 Å². The normalized spacial score (nSPS) is 12.0. The smallest absolute Gasteiger partial charge is 0.234 e. The molecule has 0 saturated heterocycles. The highest BCUT2D eigenvalue weighted by Crippen LogP contribution is 2.20. The molecule has 0 spiro atoms. The van der Waals surface area contributed by atoms with Crippen LogP contribution in [0.4, 0.5) is 0 Å². The minimum Gasteiger partial charge on any atom is -0.262 e. The summed E-state index contributed by atoms with van der Waals surface area (Å²) < 4.78 is 26.4. The molecule has 0 saturated carbocycles. The number of hydrogen-bond acceptors (Lipinski definition) is 5. The third kappa shape index (κ3) is 4.35. The number of benzene rings is 1. The number of sulfonamides is 1. The van der Waals surface area contributed by atoms with E-state index in [4.69, 9.17) is 0 Å². The van der Waals surface area contributed by atoms with Gasteiger partial charge in [-0.25, -0.2) is 18.1 Å². The molecule has 0 radical (unpaired) electrons. The molecule has 1 aromatic carbocycles. The van der Waals surface area contributed by atoms with Crippen LogP contribution in [0.15, 0.2) is 53.3 Å². The van der Waals surface area contributed by atoms with E-state index in [1.807, 2.05) is 47.8 Å². The highest BCUT2D eigenvalue weighted by molar-refractivity contribution is 7.92. The van der Waals surface area contributed by atoms with Gasteiger partial charge in [0, 0.05) is 5.41 Å². The maximum absolute atomic E-state index is 12.0. The molecule has 0 amide bonds. The maximum atomic E-state index is 12.0. The average Bonchev–Trinajstić information content (AvgIpc) is 3.23. The maximum Gasteiger partial charge on any atom is 0.234 e. The molecule has 118 valence electrons. The second kappa shape index (κ2) is 6.86. The van der Waals surface area contributed by atoms with Crippen molar-refractivity contribution < 1.29 is 8.42 Å². The van der Waals surface area contributed by atoms with Crippen LogP contribution in [0, 0.1) is 0 Å². The number of nitrogens with zero attached hydrogens (tertiary/aromatic N) is 2. The van der Waals surface area contributed by atoms with E-state index in [9.17, 15) is 8.42 Å². The number of H-pyrrole nitrogens is 1. The summed E-state index contributed by atoms with van der Waals surface area (Å²) in [7, 11) is -3.54. The van der Waals surface area contributed by atoms with Crippen molar-refractivity contribution in [2.75, 3.05) is 0 Å². The Labute approximate surface area is 138 Å². The number of hydrogen-bond donors (Lipinski definition) is 2. The Kier molecular flexibility index (Phi) is 4.65. The molecule has 6 nitrogen and oxygen atoms in total. The average molecular weight is 346 g/mol. The summed E-state index contributed by atoms with van der Waals surface area (Å²) in [5.74, 6) is 1.03. The van der Waals surface area contributed by atoms with E-state index in [0.717, 1.165) is 15.8 Å². The van der Waals surface area contributed by atoms with Gasteiger partial charge >= 0.3 is 0 Å². The lowest BCUT2D eigenvalue weighted by Gasteiger charge is -1.99. The van der Waals surface area contributed by atoms with Gasteiger partial charge in [-0.1, -0.05) is 36.4 Å². The zero-order valence-corrected chi connectivity index (χ0v) is 13.6. The molecular weight excluding hydrogens is 332 g/mol. The van der Waals surface area contributed by atoms with E-state index in [1.54, 1.807) is 6.08 Å². The van der Waals surface area contributed by atoms with E-state index < -0.39 is 10.0 Å². The summed E-state index contributed by atoms with van der Waals surface area (Å²) in [6, 6.07) is 13.0. The summed E-state index contributed by atoms with van der Waals surface area (Å²) in [5, 5.41) is 9.88. The molecule has 0 aliphatic rings. The molecule has 8 heteroatoms. The van der Waals surface area contributed by atoms with Crippen LogP contribution < -0.4 is 4.72 Å². The summed E-state index contributed by atoms with van der Waals surface area (Å²) in [6.45, 7) is 0.0554. The molecule has 0 atom stereocenters. The van der Waals surface area contributed by atoms with E-state index in [1.165, 1.54) is 11.3 Å². The van der Waals surface area contributed by atoms with Crippen LogP contribution in [-0.4, -0.2) is 23.6 Å². The SMILES string of the molecule is O=S(=O)(/C=C/c1ccccc1)NCc1nc(-c2cccs2)n[nH]1. The molecule has 0 fully saturated rings. The molecular formula is C15H14N4O2S2. The monoisotopic (exact) mass is 346 g/mol. The number of thiophene rings is 1. The van der Waals surface area contributed by atoms with Crippen LogP contribution in [0.25, 0.3) is 16.8 Å². The highest BCUT2D eigenvalue weighted by Gasteiger charge is 2.10. The zero-order valence-electron chi connectivity index (χ0n) is 12.0. The van der Waals surface area contributed by atoms with Crippen molar-refractivity contribution in [2.45, 2.75) is 6.54 Å². The van der Waals surface area contributed by atoms with E-state index in [-0.39, 0.29) is 6.54 Å². The minimum atomic E-state index is -3.54. The molecule has 2 aromatic heterocycles. The van der Waals surface area contributed by atoms with Crippen LogP contribution >= 0.6 is 11.3 Å². The summed E-state index contributed by atoms with van der Waals surface area (Å²) in [5.41, 5.74) is 0.817. The van der Waals surface area contributed by atoms with Crippen molar-refractivity contribution in [1.82, 2.24) is 19.9 Å². The third-order valence-electron chi connectivity index (χ3n) is 2.95. The number of aromatic amines is 1. The van der Waals surface area contributed by atoms with E-state index >= 15 is 0 Å². The van der Waals surface area contributed by atoms with Crippen LogP contribution in [0.2, 0.25) is 0 Å². The zero-order chi connectivity index (χ0) is 16.1. The second-order valence-corrected chi connectivity index (χ2v) is 7.26. The molecule has 0 bridgehead atoms. The first-order valence-corrected chi connectivity index (χ1v) is 9.23. The molecule has 0 aliphatic carbocycles. The van der Waals surface area contributed by atoms with Gasteiger partial charge in [0.1, 0.15) is 5.82 Å². The lowest BCUT2D eigenvalue weighted by molar-refractivity contribution is 0.589. The topological polar surface area (TPSA) is 87.7 Å². The fourth-order valence-corrected chi connectivity index (χ4v) is 3.27. The number of rotatable bonds is 6. The Morgan fingerprint density at radius 3 is 2.74 bits per heavy atom. The number of nitrogens with one attached hydrogen (secondary N) is 2. The summed E-state index contributed by atoms with van der Waals surface area (Å²) in [4.78, 5) is 5.20. The van der Waals surface area contributed by atoms with Gasteiger partial charge in [0.05, 0.1) is 11.4 Å². The Morgan fingerprint density at radius 1 is 1.17 bits per heavy atom. The molecule has 3 rings (SSSR count). The van der Waals surface area contributed by atoms with Crippen molar-refractivity contribution >= 4 is 27.4 Å². The Bertz CT molecular complexity index is 885. The van der Waals surface area contributed by atoms with Gasteiger partial charge in [-0.05, 0) is 23.1 Å². The molecule has 0 unspecified atom stereocenters. The van der Waals surface area contributed by atoms with Gasteiger partial charge < -0.3 is 0 Å². The molecule has 2 heterocycles. The van der Waals surface area contributed by atoms with Gasteiger partial charge in [-0.15, -0.1) is 11.3 Å². The first kappa shape index (κ1) is 15.6. The van der Waals surface area contributed by atoms with Crippen molar-refractivity contribution in [3.8, 4) is 10.7 Å². The fourth-order valence-electron chi connectivity index (χ4n) is 1.84. The van der Waals surface area contributed by atoms with Crippen molar-refractivity contribution in [1.29, 1.82) is 0 Å². The van der Waals surface area contributed by atoms with Gasteiger partial charge in [0.15, 0.2) is 5.82 Å². The predicted octanol–water partition coefficient (Wildman–Crippen LogP) is 2.62. The van der Waals surface area contributed by atoms with E-state index in [2.05, 4.69) is 19.9 Å². The molecule has 23 heavy (non-hydrogen) atoms. The van der Waals surface area contributed by atoms with Gasteiger partial charge in [0.2, 0.25) is 10.0 Å². The Balaban J connectivity index is 1.62. The largest absolute Gasteiger partial charge is 0.262 e. The third-order valence-corrected chi connectivity index (χ3v) is 4.86. The lowest BCUT2D eigenvalue weighted by Crippen LogP contribution is -2.21. The summed E-state index contributed by atoms with van der Waals surface area (Å²) in [6.07, 6.45) is 1.54. The number of aromatic nitrogens is 3. The lowest BCUT2D eigenvalue weighted by atomic mass is 10.2.